The van der Waals surface area contributed by atoms with Crippen molar-refractivity contribution in [2.45, 2.75) is 17.9 Å². The van der Waals surface area contributed by atoms with Crippen molar-refractivity contribution in [3.8, 4) is 0 Å². The van der Waals surface area contributed by atoms with Gasteiger partial charge in [-0.05, 0) is 19.1 Å². The smallest absolute Gasteiger partial charge is 0.249 e. The highest BCUT2D eigenvalue weighted by atomic mass is 32.2. The van der Waals surface area contributed by atoms with Crippen LogP contribution < -0.4 is 10.6 Å². The summed E-state index contributed by atoms with van der Waals surface area (Å²) in [6.45, 7) is 2.75. The number of nitrogens with two attached hydrogens (primary N) is 1. The average Bonchev–Trinajstić information content (AvgIpc) is 2.66. The van der Waals surface area contributed by atoms with Gasteiger partial charge in [-0.3, -0.25) is 4.90 Å². The number of benzene rings is 1. The van der Waals surface area contributed by atoms with Crippen LogP contribution in [0, 0.1) is 11.6 Å². The number of nitrogens with zero attached hydrogens (tertiary/aromatic N) is 6. The average molecular weight is 427 g/mol. The Hall–Kier alpha value is -2.44. The van der Waals surface area contributed by atoms with Gasteiger partial charge in [0.15, 0.2) is 10.7 Å². The molecule has 1 aromatic carbocycles. The van der Waals surface area contributed by atoms with E-state index in [2.05, 4.69) is 15.0 Å². The lowest BCUT2D eigenvalue weighted by atomic mass is 10.2. The molecule has 1 aliphatic heterocycles. The second kappa shape index (κ2) is 8.13. The molecule has 2 heterocycles. The van der Waals surface area contributed by atoms with E-state index in [0.717, 1.165) is 22.5 Å². The van der Waals surface area contributed by atoms with E-state index in [9.17, 15) is 17.2 Å². The Labute approximate surface area is 168 Å². The molecule has 1 aliphatic rings. The maximum Gasteiger partial charge on any atom is 0.249 e. The van der Waals surface area contributed by atoms with Gasteiger partial charge >= 0.3 is 0 Å². The van der Waals surface area contributed by atoms with Crippen LogP contribution in [0.25, 0.3) is 0 Å². The molecule has 3 rings (SSSR count). The number of rotatable bonds is 5. The molecule has 0 radical (unpaired) electrons. The third-order valence-corrected chi connectivity index (χ3v) is 6.72. The SMILES string of the molecule is C[C@H](c1nc(N)nc(N(C)C)n1)N1CCN(S(=O)(=O)c2c(F)cccc2F)CC1. The monoisotopic (exact) mass is 427 g/mol. The third kappa shape index (κ3) is 4.28. The topological polar surface area (TPSA) is 109 Å². The second-order valence-electron chi connectivity index (χ2n) is 6.91. The lowest BCUT2D eigenvalue weighted by Crippen LogP contribution is -2.49. The van der Waals surface area contributed by atoms with E-state index < -0.39 is 26.6 Å². The van der Waals surface area contributed by atoms with Crippen LogP contribution in [0.4, 0.5) is 20.7 Å². The van der Waals surface area contributed by atoms with Crippen LogP contribution in [0.2, 0.25) is 0 Å². The number of sulfonamides is 1. The number of anilines is 2. The molecule has 158 valence electrons. The summed E-state index contributed by atoms with van der Waals surface area (Å²) >= 11 is 0. The van der Waals surface area contributed by atoms with Gasteiger partial charge in [-0.15, -0.1) is 0 Å². The Kier molecular flexibility index (Phi) is 5.96. The fourth-order valence-electron chi connectivity index (χ4n) is 3.14. The van der Waals surface area contributed by atoms with Gasteiger partial charge in [0.05, 0.1) is 6.04 Å². The van der Waals surface area contributed by atoms with Crippen LogP contribution >= 0.6 is 0 Å². The van der Waals surface area contributed by atoms with Gasteiger partial charge in [-0.25, -0.2) is 17.2 Å². The maximum absolute atomic E-state index is 14.0. The molecule has 0 saturated carbocycles. The molecule has 0 aliphatic carbocycles. The van der Waals surface area contributed by atoms with E-state index in [-0.39, 0.29) is 25.1 Å². The number of halogens is 2. The van der Waals surface area contributed by atoms with Crippen molar-refractivity contribution in [2.24, 2.45) is 0 Å². The number of piperazine rings is 1. The summed E-state index contributed by atoms with van der Waals surface area (Å²) in [5.41, 5.74) is 5.77. The van der Waals surface area contributed by atoms with E-state index in [1.807, 2.05) is 11.8 Å². The van der Waals surface area contributed by atoms with E-state index >= 15 is 0 Å². The first-order chi connectivity index (χ1) is 13.6. The highest BCUT2D eigenvalue weighted by Crippen LogP contribution is 2.26. The minimum absolute atomic E-state index is 0.0849. The fraction of sp³-hybridized carbons (Fsp3) is 0.471. The van der Waals surface area contributed by atoms with Crippen LogP contribution in [-0.2, 0) is 10.0 Å². The standard InChI is InChI=1S/C17H23F2N7O2S/c1-11(15-21-16(20)23-17(22-15)24(2)3)25-7-9-26(10-8-25)29(27,28)14-12(18)5-4-6-13(14)19/h4-6,11H,7-10H2,1-3H3,(H2,20,21,22,23)/t11-/m1/s1. The van der Waals surface area contributed by atoms with Crippen LogP contribution in [0.15, 0.2) is 23.1 Å². The Morgan fingerprint density at radius 3 is 2.21 bits per heavy atom. The third-order valence-electron chi connectivity index (χ3n) is 4.77. The first-order valence-corrected chi connectivity index (χ1v) is 10.4. The van der Waals surface area contributed by atoms with Crippen LogP contribution in [-0.4, -0.2) is 72.8 Å². The zero-order valence-corrected chi connectivity index (χ0v) is 17.2. The van der Waals surface area contributed by atoms with Gasteiger partial charge in [0.2, 0.25) is 21.9 Å². The summed E-state index contributed by atoms with van der Waals surface area (Å²) in [7, 11) is -0.700. The van der Waals surface area contributed by atoms with Gasteiger partial charge in [-0.2, -0.15) is 19.3 Å². The molecule has 1 atom stereocenters. The molecular formula is C17H23F2N7O2S. The molecule has 0 bridgehead atoms. The molecule has 0 amide bonds. The maximum atomic E-state index is 14.0. The van der Waals surface area contributed by atoms with Crippen LogP contribution in [0.3, 0.4) is 0 Å². The molecule has 0 spiro atoms. The fourth-order valence-corrected chi connectivity index (χ4v) is 4.67. The Morgan fingerprint density at radius 1 is 1.07 bits per heavy atom. The Bertz CT molecular complexity index is 975. The molecule has 29 heavy (non-hydrogen) atoms. The predicted molar refractivity (Wildman–Crippen MR) is 104 cm³/mol. The number of hydrogen-bond acceptors (Lipinski definition) is 8. The molecule has 9 nitrogen and oxygen atoms in total. The summed E-state index contributed by atoms with van der Waals surface area (Å²) in [6.07, 6.45) is 0. The number of hydrogen-bond donors (Lipinski definition) is 1. The van der Waals surface area contributed by atoms with Gasteiger partial charge in [0, 0.05) is 40.3 Å². The van der Waals surface area contributed by atoms with E-state index in [0.29, 0.717) is 24.9 Å². The number of aromatic nitrogens is 3. The largest absolute Gasteiger partial charge is 0.368 e. The molecule has 2 N–H and O–H groups in total. The highest BCUT2D eigenvalue weighted by Gasteiger charge is 2.34. The second-order valence-corrected chi connectivity index (χ2v) is 8.79. The highest BCUT2D eigenvalue weighted by molar-refractivity contribution is 7.89. The van der Waals surface area contributed by atoms with Crippen molar-refractivity contribution in [1.82, 2.24) is 24.2 Å². The van der Waals surface area contributed by atoms with Gasteiger partial charge in [0.1, 0.15) is 11.6 Å². The molecule has 1 saturated heterocycles. The van der Waals surface area contributed by atoms with Crippen molar-refractivity contribution in [3.05, 3.63) is 35.7 Å². The van der Waals surface area contributed by atoms with Crippen molar-refractivity contribution < 1.29 is 17.2 Å². The summed E-state index contributed by atoms with van der Waals surface area (Å²) in [6, 6.07) is 2.75. The zero-order chi connectivity index (χ0) is 21.3. The minimum atomic E-state index is -4.27. The normalized spacial score (nSPS) is 17.3. The first-order valence-electron chi connectivity index (χ1n) is 8.98. The lowest BCUT2D eigenvalue weighted by molar-refractivity contribution is 0.141. The van der Waals surface area contributed by atoms with Gasteiger partial charge < -0.3 is 10.6 Å². The van der Waals surface area contributed by atoms with E-state index in [1.54, 1.807) is 19.0 Å². The quantitative estimate of drug-likeness (QED) is 0.749. The summed E-state index contributed by atoms with van der Waals surface area (Å²) in [4.78, 5) is 15.4. The first kappa shape index (κ1) is 21.3. The van der Waals surface area contributed by atoms with Gasteiger partial charge in [-0.1, -0.05) is 6.07 Å². The summed E-state index contributed by atoms with van der Waals surface area (Å²) < 4.78 is 54.5. The minimum Gasteiger partial charge on any atom is -0.368 e. The van der Waals surface area contributed by atoms with Gasteiger partial charge in [0.25, 0.3) is 0 Å². The molecule has 1 aromatic heterocycles. The Balaban J connectivity index is 1.75. The van der Waals surface area contributed by atoms with Crippen molar-refractivity contribution in [2.75, 3.05) is 50.9 Å². The lowest BCUT2D eigenvalue weighted by Gasteiger charge is -2.36. The number of nitrogen functional groups attached to an aromatic ring is 1. The summed E-state index contributed by atoms with van der Waals surface area (Å²) in [5, 5.41) is 0. The summed E-state index contributed by atoms with van der Waals surface area (Å²) in [5.74, 6) is -1.20. The zero-order valence-electron chi connectivity index (χ0n) is 16.4. The molecule has 12 heteroatoms. The van der Waals surface area contributed by atoms with E-state index in [1.165, 1.54) is 0 Å². The molecule has 1 fully saturated rings. The predicted octanol–water partition coefficient (Wildman–Crippen LogP) is 0.865. The molecule has 2 aromatic rings. The van der Waals surface area contributed by atoms with Crippen molar-refractivity contribution >= 4 is 21.9 Å². The molecular weight excluding hydrogens is 404 g/mol. The molecule has 0 unspecified atom stereocenters. The van der Waals surface area contributed by atoms with Crippen molar-refractivity contribution in [1.29, 1.82) is 0 Å². The van der Waals surface area contributed by atoms with Crippen LogP contribution in [0.5, 0.6) is 0 Å². The van der Waals surface area contributed by atoms with E-state index in [4.69, 9.17) is 5.73 Å². The van der Waals surface area contributed by atoms with Crippen LogP contribution in [0.1, 0.15) is 18.8 Å². The van der Waals surface area contributed by atoms with Crippen molar-refractivity contribution in [3.63, 3.8) is 0 Å². The Morgan fingerprint density at radius 2 is 1.66 bits per heavy atom.